The highest BCUT2D eigenvalue weighted by Crippen LogP contribution is 2.30. The lowest BCUT2D eigenvalue weighted by Crippen LogP contribution is -2.46. The van der Waals surface area contributed by atoms with Crippen LogP contribution in [0.3, 0.4) is 0 Å². The third kappa shape index (κ3) is 4.73. The molecule has 136 valence electrons. The summed E-state index contributed by atoms with van der Waals surface area (Å²) in [5.41, 5.74) is 1.08. The van der Waals surface area contributed by atoms with Crippen LogP contribution in [0.25, 0.3) is 0 Å². The third-order valence-electron chi connectivity index (χ3n) is 3.96. The van der Waals surface area contributed by atoms with Gasteiger partial charge in [0.15, 0.2) is 0 Å². The fourth-order valence-corrected chi connectivity index (χ4v) is 4.60. The largest absolute Gasteiger partial charge is 0.367 e. The predicted molar refractivity (Wildman–Crippen MR) is 103 cm³/mol. The third-order valence-corrected chi connectivity index (χ3v) is 6.13. The second kappa shape index (κ2) is 7.61. The van der Waals surface area contributed by atoms with E-state index < -0.39 is 0 Å². The second-order valence-corrected chi connectivity index (χ2v) is 9.68. The average Bonchev–Trinajstić information content (AvgIpc) is 3.21. The number of hydrogen-bond acceptors (Lipinski definition) is 5. The van der Waals surface area contributed by atoms with Crippen LogP contribution in [-0.2, 0) is 16.7 Å². The molecule has 2 aromatic heterocycles. The molecule has 0 aromatic carbocycles. The quantitative estimate of drug-likeness (QED) is 0.830. The van der Waals surface area contributed by atoms with E-state index in [0.29, 0.717) is 26.2 Å². The van der Waals surface area contributed by atoms with Crippen LogP contribution in [0.5, 0.6) is 0 Å². The summed E-state index contributed by atoms with van der Waals surface area (Å²) in [6.45, 7) is 8.55. The molecule has 1 aliphatic rings. The topological polar surface area (TPSA) is 54.5 Å². The fraction of sp³-hybridized carbons (Fsp3) is 0.529. The van der Waals surface area contributed by atoms with Crippen LogP contribution in [0.4, 0.5) is 4.79 Å². The van der Waals surface area contributed by atoms with Crippen LogP contribution in [0.15, 0.2) is 17.5 Å². The minimum absolute atomic E-state index is 0.0163. The molecule has 2 amide bonds. The van der Waals surface area contributed by atoms with Gasteiger partial charge in [0.1, 0.15) is 11.1 Å². The molecule has 25 heavy (non-hydrogen) atoms. The number of hydrogen-bond donors (Lipinski definition) is 1. The number of morpholine rings is 1. The molecule has 0 spiro atoms. The van der Waals surface area contributed by atoms with Crippen molar-refractivity contribution in [2.45, 2.75) is 38.8 Å². The number of nitrogens with one attached hydrogen (secondary N) is 1. The first-order valence-electron chi connectivity index (χ1n) is 8.17. The summed E-state index contributed by atoms with van der Waals surface area (Å²) in [6.07, 6.45) is -0.156. The SMILES string of the molecule is CC(C)(C)c1csc(C2CN(C(=O)NCc3ccc(Cl)s3)CCO2)n1. The van der Waals surface area contributed by atoms with Crippen LogP contribution >= 0.6 is 34.3 Å². The molecule has 3 rings (SSSR count). The van der Waals surface area contributed by atoms with Crippen molar-refractivity contribution in [1.29, 1.82) is 0 Å². The first kappa shape index (κ1) is 18.6. The molecule has 1 saturated heterocycles. The number of aromatic nitrogens is 1. The van der Waals surface area contributed by atoms with E-state index in [2.05, 4.69) is 31.5 Å². The van der Waals surface area contributed by atoms with E-state index in [9.17, 15) is 4.79 Å². The Hall–Kier alpha value is -1.15. The van der Waals surface area contributed by atoms with Gasteiger partial charge in [0.25, 0.3) is 0 Å². The van der Waals surface area contributed by atoms with Crippen molar-refractivity contribution in [3.63, 3.8) is 0 Å². The number of nitrogens with zero attached hydrogens (tertiary/aromatic N) is 2. The number of amides is 2. The lowest BCUT2D eigenvalue weighted by Gasteiger charge is -2.32. The number of rotatable bonds is 3. The Morgan fingerprint density at radius 3 is 2.92 bits per heavy atom. The van der Waals surface area contributed by atoms with Crippen molar-refractivity contribution in [2.24, 2.45) is 0 Å². The van der Waals surface area contributed by atoms with Crippen LogP contribution in [0.2, 0.25) is 4.34 Å². The standard InChI is InChI=1S/C17H22ClN3O2S2/c1-17(2,3)13-10-24-15(20-13)12-9-21(6-7-23-12)16(22)19-8-11-4-5-14(18)25-11/h4-5,10,12H,6-9H2,1-3H3,(H,19,22). The zero-order valence-electron chi connectivity index (χ0n) is 14.5. The number of carbonyl (C=O) groups excluding carboxylic acids is 1. The Morgan fingerprint density at radius 1 is 1.48 bits per heavy atom. The van der Waals surface area contributed by atoms with E-state index in [0.717, 1.165) is 19.9 Å². The maximum absolute atomic E-state index is 12.4. The molecule has 8 heteroatoms. The van der Waals surface area contributed by atoms with E-state index in [1.807, 2.05) is 12.1 Å². The molecular formula is C17H22ClN3O2S2. The number of ether oxygens (including phenoxy) is 1. The maximum Gasteiger partial charge on any atom is 0.317 e. The van der Waals surface area contributed by atoms with Crippen molar-refractivity contribution in [3.8, 4) is 0 Å². The molecule has 0 radical (unpaired) electrons. The van der Waals surface area contributed by atoms with Crippen LogP contribution in [0, 0.1) is 0 Å². The summed E-state index contributed by atoms with van der Waals surface area (Å²) in [7, 11) is 0. The Labute approximate surface area is 161 Å². The smallest absolute Gasteiger partial charge is 0.317 e. The summed E-state index contributed by atoms with van der Waals surface area (Å²) >= 11 is 9.00. The summed E-state index contributed by atoms with van der Waals surface area (Å²) in [6, 6.07) is 3.69. The van der Waals surface area contributed by atoms with E-state index in [4.69, 9.17) is 21.3 Å². The van der Waals surface area contributed by atoms with E-state index >= 15 is 0 Å². The number of halogens is 1. The van der Waals surface area contributed by atoms with E-state index in [1.165, 1.54) is 11.3 Å². The van der Waals surface area contributed by atoms with Crippen molar-refractivity contribution in [1.82, 2.24) is 15.2 Å². The number of carbonyl (C=O) groups is 1. The molecule has 5 nitrogen and oxygen atoms in total. The summed E-state index contributed by atoms with van der Waals surface area (Å²) in [4.78, 5) is 20.0. The van der Waals surface area contributed by atoms with E-state index in [1.54, 1.807) is 16.2 Å². The summed E-state index contributed by atoms with van der Waals surface area (Å²) in [5, 5.41) is 5.97. The maximum atomic E-state index is 12.4. The lowest BCUT2D eigenvalue weighted by molar-refractivity contribution is -0.0156. The van der Waals surface area contributed by atoms with Gasteiger partial charge >= 0.3 is 6.03 Å². The molecule has 0 saturated carbocycles. The van der Waals surface area contributed by atoms with Crippen molar-refractivity contribution in [3.05, 3.63) is 37.4 Å². The highest BCUT2D eigenvalue weighted by Gasteiger charge is 2.28. The summed E-state index contributed by atoms with van der Waals surface area (Å²) < 4.78 is 6.58. The Bertz CT molecular complexity index is 738. The van der Waals surface area contributed by atoms with Gasteiger partial charge < -0.3 is 15.0 Å². The molecule has 0 aliphatic carbocycles. The normalized spacial score (nSPS) is 18.4. The molecule has 1 unspecified atom stereocenters. The molecule has 2 aromatic rings. The monoisotopic (exact) mass is 399 g/mol. The van der Waals surface area contributed by atoms with Gasteiger partial charge in [-0.05, 0) is 12.1 Å². The Morgan fingerprint density at radius 2 is 2.28 bits per heavy atom. The van der Waals surface area contributed by atoms with Gasteiger partial charge in [0.2, 0.25) is 0 Å². The number of thiazole rings is 1. The lowest BCUT2D eigenvalue weighted by atomic mass is 9.93. The van der Waals surface area contributed by atoms with Gasteiger partial charge in [-0.1, -0.05) is 32.4 Å². The van der Waals surface area contributed by atoms with Gasteiger partial charge in [-0.25, -0.2) is 9.78 Å². The van der Waals surface area contributed by atoms with Gasteiger partial charge in [-0.2, -0.15) is 0 Å². The molecule has 1 aliphatic heterocycles. The second-order valence-electron chi connectivity index (χ2n) is 6.99. The van der Waals surface area contributed by atoms with Gasteiger partial charge in [0.05, 0.1) is 29.7 Å². The average molecular weight is 400 g/mol. The molecule has 1 N–H and O–H groups in total. The number of thiophene rings is 1. The Kier molecular flexibility index (Phi) is 5.68. The van der Waals surface area contributed by atoms with Gasteiger partial charge in [-0.3, -0.25) is 0 Å². The Balaban J connectivity index is 1.58. The predicted octanol–water partition coefficient (Wildman–Crippen LogP) is 4.44. The minimum atomic E-state index is -0.156. The van der Waals surface area contributed by atoms with Crippen LogP contribution in [0.1, 0.15) is 42.5 Å². The first-order valence-corrected chi connectivity index (χ1v) is 10.2. The molecule has 1 atom stereocenters. The van der Waals surface area contributed by atoms with Crippen molar-refractivity contribution in [2.75, 3.05) is 19.7 Å². The van der Waals surface area contributed by atoms with Crippen LogP contribution in [-0.4, -0.2) is 35.6 Å². The molecule has 3 heterocycles. The van der Waals surface area contributed by atoms with E-state index in [-0.39, 0.29) is 17.6 Å². The summed E-state index contributed by atoms with van der Waals surface area (Å²) in [5.74, 6) is 0. The first-order chi connectivity index (χ1) is 11.8. The minimum Gasteiger partial charge on any atom is -0.367 e. The molecule has 1 fully saturated rings. The van der Waals surface area contributed by atoms with Crippen molar-refractivity contribution >= 4 is 40.3 Å². The van der Waals surface area contributed by atoms with Gasteiger partial charge in [0, 0.05) is 22.2 Å². The van der Waals surface area contributed by atoms with Gasteiger partial charge in [-0.15, -0.1) is 22.7 Å². The highest BCUT2D eigenvalue weighted by atomic mass is 35.5. The van der Waals surface area contributed by atoms with Crippen LogP contribution < -0.4 is 5.32 Å². The van der Waals surface area contributed by atoms with Crippen molar-refractivity contribution < 1.29 is 9.53 Å². The molecular weight excluding hydrogens is 378 g/mol. The number of urea groups is 1. The zero-order valence-corrected chi connectivity index (χ0v) is 16.9. The molecule has 0 bridgehead atoms. The highest BCUT2D eigenvalue weighted by molar-refractivity contribution is 7.16. The fourth-order valence-electron chi connectivity index (χ4n) is 2.48. The zero-order chi connectivity index (χ0) is 18.0.